The predicted molar refractivity (Wildman–Crippen MR) is 84.1 cm³/mol. The summed E-state index contributed by atoms with van der Waals surface area (Å²) in [5.74, 6) is -0.292. The summed E-state index contributed by atoms with van der Waals surface area (Å²) >= 11 is 0. The van der Waals surface area contributed by atoms with Gasteiger partial charge in [0, 0.05) is 11.8 Å². The molecule has 9 nitrogen and oxygen atoms in total. The summed E-state index contributed by atoms with van der Waals surface area (Å²) in [6.07, 6.45) is 1.44. The van der Waals surface area contributed by atoms with Gasteiger partial charge in [-0.25, -0.2) is 0 Å². The molecule has 0 unspecified atom stereocenters. The van der Waals surface area contributed by atoms with Crippen LogP contribution in [0.1, 0.15) is 21.0 Å². The highest BCUT2D eigenvalue weighted by Crippen LogP contribution is 2.20. The lowest BCUT2D eigenvalue weighted by atomic mass is 10.1. The van der Waals surface area contributed by atoms with Crippen molar-refractivity contribution < 1.29 is 14.3 Å². The van der Waals surface area contributed by atoms with Crippen LogP contribution in [0.2, 0.25) is 0 Å². The molecule has 1 aromatic carbocycles. The van der Waals surface area contributed by atoms with Crippen LogP contribution in [0.3, 0.4) is 0 Å². The largest absolute Gasteiger partial charge is 0.497 e. The van der Waals surface area contributed by atoms with E-state index in [0.29, 0.717) is 5.69 Å². The summed E-state index contributed by atoms with van der Waals surface area (Å²) in [7, 11) is 1.59. The zero-order chi connectivity index (χ0) is 16.9. The van der Waals surface area contributed by atoms with Crippen molar-refractivity contribution in [3.63, 3.8) is 0 Å². The first-order chi connectivity index (χ1) is 11.7. The first kappa shape index (κ1) is 15.3. The molecule has 0 fully saturated rings. The van der Waals surface area contributed by atoms with Gasteiger partial charge in [0.2, 0.25) is 0 Å². The van der Waals surface area contributed by atoms with Crippen molar-refractivity contribution >= 4 is 11.8 Å². The van der Waals surface area contributed by atoms with Crippen molar-refractivity contribution in [2.75, 3.05) is 7.11 Å². The van der Waals surface area contributed by atoms with Crippen molar-refractivity contribution in [1.82, 2.24) is 31.2 Å². The van der Waals surface area contributed by atoms with Gasteiger partial charge in [-0.15, -0.1) is 0 Å². The standard InChI is InChI=1S/C15H14N6O3/c1-24-10-4-2-9(3-5-10)12-8-13(19-18-12)15(23)21-20-14(22)11-6-7-16-17-11/h2-8H,1H3,(H,16,17)(H,18,19)(H,20,22)(H,21,23). The highest BCUT2D eigenvalue weighted by molar-refractivity contribution is 5.97. The van der Waals surface area contributed by atoms with Gasteiger partial charge in [0.25, 0.3) is 11.8 Å². The second-order valence-electron chi connectivity index (χ2n) is 4.77. The van der Waals surface area contributed by atoms with E-state index in [9.17, 15) is 9.59 Å². The number of carbonyl (C=O) groups excluding carboxylic acids is 2. The summed E-state index contributed by atoms with van der Waals surface area (Å²) in [5, 5.41) is 12.9. The minimum absolute atomic E-state index is 0.214. The number of hydrogen-bond acceptors (Lipinski definition) is 5. The van der Waals surface area contributed by atoms with Crippen LogP contribution in [0.5, 0.6) is 5.75 Å². The Balaban J connectivity index is 1.64. The number of hydrazine groups is 1. The fourth-order valence-corrected chi connectivity index (χ4v) is 1.98. The summed E-state index contributed by atoms with van der Waals surface area (Å²) in [5.41, 5.74) is 6.44. The zero-order valence-electron chi connectivity index (χ0n) is 12.7. The van der Waals surface area contributed by atoms with Crippen LogP contribution in [0.4, 0.5) is 0 Å². The van der Waals surface area contributed by atoms with Gasteiger partial charge in [-0.05, 0) is 36.4 Å². The molecule has 24 heavy (non-hydrogen) atoms. The number of benzene rings is 1. The Labute approximate surface area is 136 Å². The Morgan fingerprint density at radius 1 is 1.00 bits per heavy atom. The topological polar surface area (TPSA) is 125 Å². The average Bonchev–Trinajstić information content (AvgIpc) is 3.31. The molecule has 2 aromatic heterocycles. The van der Waals surface area contributed by atoms with Gasteiger partial charge in [0.05, 0.1) is 12.8 Å². The molecule has 4 N–H and O–H groups in total. The highest BCUT2D eigenvalue weighted by atomic mass is 16.5. The van der Waals surface area contributed by atoms with Crippen LogP contribution in [0.15, 0.2) is 42.6 Å². The maximum Gasteiger partial charge on any atom is 0.287 e. The van der Waals surface area contributed by atoms with E-state index in [1.165, 1.54) is 12.3 Å². The van der Waals surface area contributed by atoms with Gasteiger partial charge >= 0.3 is 0 Å². The molecule has 0 aliphatic carbocycles. The number of aromatic nitrogens is 4. The molecule has 0 atom stereocenters. The normalized spacial score (nSPS) is 10.2. The van der Waals surface area contributed by atoms with E-state index >= 15 is 0 Å². The van der Waals surface area contributed by atoms with E-state index in [4.69, 9.17) is 4.74 Å². The average molecular weight is 326 g/mol. The third-order valence-corrected chi connectivity index (χ3v) is 3.24. The predicted octanol–water partition coefficient (Wildman–Crippen LogP) is 0.883. The number of methoxy groups -OCH3 is 1. The maximum atomic E-state index is 12.0. The molecule has 9 heteroatoms. The Kier molecular flexibility index (Phi) is 4.23. The van der Waals surface area contributed by atoms with Crippen LogP contribution < -0.4 is 15.6 Å². The number of hydrogen-bond donors (Lipinski definition) is 4. The minimum atomic E-state index is -0.518. The molecule has 0 saturated heterocycles. The van der Waals surface area contributed by atoms with Crippen molar-refractivity contribution in [3.8, 4) is 17.0 Å². The van der Waals surface area contributed by atoms with Gasteiger partial charge < -0.3 is 4.74 Å². The monoisotopic (exact) mass is 326 g/mol. The summed E-state index contributed by atoms with van der Waals surface area (Å²) in [4.78, 5) is 23.7. The Morgan fingerprint density at radius 3 is 2.33 bits per heavy atom. The van der Waals surface area contributed by atoms with Crippen molar-refractivity contribution in [3.05, 3.63) is 54.0 Å². The quantitative estimate of drug-likeness (QED) is 0.530. The number of nitrogens with one attached hydrogen (secondary N) is 4. The molecule has 3 rings (SSSR count). The van der Waals surface area contributed by atoms with Crippen LogP contribution in [0.25, 0.3) is 11.3 Å². The lowest BCUT2D eigenvalue weighted by Crippen LogP contribution is -2.41. The van der Waals surface area contributed by atoms with Crippen molar-refractivity contribution in [2.24, 2.45) is 0 Å². The molecular weight excluding hydrogens is 312 g/mol. The first-order valence-electron chi connectivity index (χ1n) is 6.97. The molecule has 0 radical (unpaired) electrons. The minimum Gasteiger partial charge on any atom is -0.497 e. The SMILES string of the molecule is COc1ccc(-c2cc(C(=O)NNC(=O)c3ccn[nH]3)[nH]n2)cc1. The van der Waals surface area contributed by atoms with E-state index in [-0.39, 0.29) is 11.4 Å². The second kappa shape index (κ2) is 6.65. The molecular formula is C15H14N6O3. The smallest absolute Gasteiger partial charge is 0.287 e. The van der Waals surface area contributed by atoms with E-state index < -0.39 is 11.8 Å². The zero-order valence-corrected chi connectivity index (χ0v) is 12.7. The van der Waals surface area contributed by atoms with Crippen molar-refractivity contribution in [2.45, 2.75) is 0 Å². The molecule has 0 bridgehead atoms. The van der Waals surface area contributed by atoms with Gasteiger partial charge in [-0.2, -0.15) is 10.2 Å². The lowest BCUT2D eigenvalue weighted by Gasteiger charge is -2.04. The third kappa shape index (κ3) is 3.24. The maximum absolute atomic E-state index is 12.0. The number of aromatic amines is 2. The fraction of sp³-hybridized carbons (Fsp3) is 0.0667. The van der Waals surface area contributed by atoms with Crippen LogP contribution in [-0.2, 0) is 0 Å². The van der Waals surface area contributed by atoms with Gasteiger partial charge in [0.1, 0.15) is 17.1 Å². The summed E-state index contributed by atoms with van der Waals surface area (Å²) < 4.78 is 5.09. The molecule has 122 valence electrons. The fourth-order valence-electron chi connectivity index (χ4n) is 1.98. The molecule has 2 amide bonds. The van der Waals surface area contributed by atoms with E-state index in [0.717, 1.165) is 11.3 Å². The Hall–Kier alpha value is -3.62. The molecule has 0 aliphatic rings. The van der Waals surface area contributed by atoms with E-state index in [1.807, 2.05) is 12.1 Å². The second-order valence-corrected chi connectivity index (χ2v) is 4.77. The number of amides is 2. The number of H-pyrrole nitrogens is 2. The van der Waals surface area contributed by atoms with Gasteiger partial charge in [0.15, 0.2) is 0 Å². The van der Waals surface area contributed by atoms with Gasteiger partial charge in [-0.3, -0.25) is 30.6 Å². The Morgan fingerprint density at radius 2 is 1.71 bits per heavy atom. The molecule has 0 saturated carbocycles. The summed E-state index contributed by atoms with van der Waals surface area (Å²) in [6, 6.07) is 10.3. The Bertz CT molecular complexity index is 838. The third-order valence-electron chi connectivity index (χ3n) is 3.24. The molecule has 0 aliphatic heterocycles. The van der Waals surface area contributed by atoms with Crippen molar-refractivity contribution in [1.29, 1.82) is 0 Å². The number of nitrogens with zero attached hydrogens (tertiary/aromatic N) is 2. The van der Waals surface area contributed by atoms with Crippen LogP contribution in [-0.4, -0.2) is 39.3 Å². The highest BCUT2D eigenvalue weighted by Gasteiger charge is 2.13. The van der Waals surface area contributed by atoms with Crippen LogP contribution >= 0.6 is 0 Å². The van der Waals surface area contributed by atoms with E-state index in [1.54, 1.807) is 25.3 Å². The summed E-state index contributed by atoms with van der Waals surface area (Å²) in [6.45, 7) is 0. The molecule has 3 aromatic rings. The number of ether oxygens (including phenoxy) is 1. The molecule has 0 spiro atoms. The van der Waals surface area contributed by atoms with Gasteiger partial charge in [-0.1, -0.05) is 0 Å². The van der Waals surface area contributed by atoms with E-state index in [2.05, 4.69) is 31.2 Å². The first-order valence-corrected chi connectivity index (χ1v) is 6.97. The number of rotatable bonds is 4. The lowest BCUT2D eigenvalue weighted by molar-refractivity contribution is 0.0841. The molecule has 2 heterocycles. The number of carbonyl (C=O) groups is 2. The van der Waals surface area contributed by atoms with Crippen LogP contribution in [0, 0.1) is 0 Å².